The van der Waals surface area contributed by atoms with E-state index in [9.17, 15) is 4.79 Å². The molecule has 0 saturated carbocycles. The molecule has 0 atom stereocenters. The molecule has 1 aliphatic heterocycles. The first-order valence-corrected chi connectivity index (χ1v) is 8.26. The molecule has 1 fully saturated rings. The van der Waals surface area contributed by atoms with E-state index in [-0.39, 0.29) is 6.03 Å². The van der Waals surface area contributed by atoms with Gasteiger partial charge >= 0.3 is 6.03 Å². The van der Waals surface area contributed by atoms with E-state index in [1.807, 2.05) is 13.8 Å². The zero-order valence-corrected chi connectivity index (χ0v) is 14.8. The number of aromatic nitrogens is 2. The van der Waals surface area contributed by atoms with Gasteiger partial charge in [-0.3, -0.25) is 4.90 Å². The quantitative estimate of drug-likeness (QED) is 0.913. The number of anilines is 1. The summed E-state index contributed by atoms with van der Waals surface area (Å²) in [5, 5.41) is 2.86. The molecule has 134 valence electrons. The number of ether oxygens (including phenoxy) is 1. The number of hydrogen-bond donors (Lipinski definition) is 1. The van der Waals surface area contributed by atoms with E-state index in [0.29, 0.717) is 31.2 Å². The van der Waals surface area contributed by atoms with Gasteiger partial charge in [-0.05, 0) is 19.9 Å². The predicted molar refractivity (Wildman–Crippen MR) is 92.6 cm³/mol. The Labute approximate surface area is 146 Å². The van der Waals surface area contributed by atoms with Crippen LogP contribution in [0.3, 0.4) is 0 Å². The molecule has 1 aliphatic rings. The SMILES string of the molecule is COc1ccc(NC(=O)N2CCN(Cc3nc(C)c(C)o3)CC2)cn1. The lowest BCUT2D eigenvalue weighted by atomic mass is 10.3. The number of piperazine rings is 1. The highest BCUT2D eigenvalue weighted by atomic mass is 16.5. The van der Waals surface area contributed by atoms with Crippen LogP contribution >= 0.6 is 0 Å². The molecule has 0 aromatic carbocycles. The normalized spacial score (nSPS) is 15.2. The maximum atomic E-state index is 12.3. The lowest BCUT2D eigenvalue weighted by Crippen LogP contribution is -2.49. The summed E-state index contributed by atoms with van der Waals surface area (Å²) < 4.78 is 10.6. The van der Waals surface area contributed by atoms with Gasteiger partial charge in [-0.25, -0.2) is 14.8 Å². The van der Waals surface area contributed by atoms with Crippen LogP contribution in [-0.2, 0) is 6.54 Å². The van der Waals surface area contributed by atoms with Crippen molar-refractivity contribution in [3.63, 3.8) is 0 Å². The van der Waals surface area contributed by atoms with Gasteiger partial charge in [0, 0.05) is 32.2 Å². The van der Waals surface area contributed by atoms with E-state index in [4.69, 9.17) is 9.15 Å². The molecule has 3 heterocycles. The Morgan fingerprint density at radius 3 is 2.60 bits per heavy atom. The minimum atomic E-state index is -0.116. The summed E-state index contributed by atoms with van der Waals surface area (Å²) >= 11 is 0. The molecular weight excluding hydrogens is 322 g/mol. The summed E-state index contributed by atoms with van der Waals surface area (Å²) in [5.74, 6) is 2.11. The Bertz CT molecular complexity index is 701. The number of hydrogen-bond acceptors (Lipinski definition) is 6. The van der Waals surface area contributed by atoms with Crippen LogP contribution in [0, 0.1) is 13.8 Å². The third kappa shape index (κ3) is 4.27. The Morgan fingerprint density at radius 1 is 1.28 bits per heavy atom. The van der Waals surface area contributed by atoms with Crippen LogP contribution in [0.2, 0.25) is 0 Å². The molecule has 1 N–H and O–H groups in total. The number of rotatable bonds is 4. The fraction of sp³-hybridized carbons (Fsp3) is 0.471. The summed E-state index contributed by atoms with van der Waals surface area (Å²) in [6.45, 7) is 7.43. The van der Waals surface area contributed by atoms with Crippen molar-refractivity contribution in [3.05, 3.63) is 35.7 Å². The topological polar surface area (TPSA) is 83.7 Å². The standard InChI is InChI=1S/C17H23N5O3/c1-12-13(2)25-16(19-12)11-21-6-8-22(9-7-21)17(23)20-14-4-5-15(24-3)18-10-14/h4-5,10H,6-9,11H2,1-3H3,(H,20,23). The molecule has 0 unspecified atom stereocenters. The van der Waals surface area contributed by atoms with Gasteiger partial charge in [0.1, 0.15) is 5.76 Å². The van der Waals surface area contributed by atoms with Crippen LogP contribution in [0.1, 0.15) is 17.3 Å². The lowest BCUT2D eigenvalue weighted by Gasteiger charge is -2.33. The molecule has 3 rings (SSSR count). The van der Waals surface area contributed by atoms with Gasteiger partial charge in [-0.1, -0.05) is 0 Å². The van der Waals surface area contributed by atoms with Gasteiger partial charge in [0.15, 0.2) is 0 Å². The van der Waals surface area contributed by atoms with Gasteiger partial charge in [-0.15, -0.1) is 0 Å². The van der Waals surface area contributed by atoms with Crippen molar-refractivity contribution in [1.29, 1.82) is 0 Å². The van der Waals surface area contributed by atoms with Crippen molar-refractivity contribution < 1.29 is 13.9 Å². The average Bonchev–Trinajstić information content (AvgIpc) is 2.93. The summed E-state index contributed by atoms with van der Waals surface area (Å²) in [4.78, 5) is 24.9. The minimum absolute atomic E-state index is 0.116. The van der Waals surface area contributed by atoms with Crippen LogP contribution in [0.4, 0.5) is 10.5 Å². The summed E-state index contributed by atoms with van der Waals surface area (Å²) in [5.41, 5.74) is 1.58. The van der Waals surface area contributed by atoms with Crippen molar-refractivity contribution in [3.8, 4) is 5.88 Å². The second-order valence-corrected chi connectivity index (χ2v) is 6.03. The van der Waals surface area contributed by atoms with Crippen molar-refractivity contribution in [2.45, 2.75) is 20.4 Å². The van der Waals surface area contributed by atoms with Gasteiger partial charge in [0.05, 0.1) is 31.2 Å². The molecule has 2 aromatic rings. The van der Waals surface area contributed by atoms with E-state index in [0.717, 1.165) is 30.4 Å². The molecule has 1 saturated heterocycles. The Hall–Kier alpha value is -2.61. The molecule has 8 nitrogen and oxygen atoms in total. The smallest absolute Gasteiger partial charge is 0.321 e. The van der Waals surface area contributed by atoms with Crippen LogP contribution in [0.5, 0.6) is 5.88 Å². The monoisotopic (exact) mass is 345 g/mol. The van der Waals surface area contributed by atoms with Crippen molar-refractivity contribution >= 4 is 11.7 Å². The van der Waals surface area contributed by atoms with Gasteiger partial charge in [0.25, 0.3) is 0 Å². The molecule has 2 aromatic heterocycles. The van der Waals surface area contributed by atoms with E-state index in [1.54, 1.807) is 30.3 Å². The van der Waals surface area contributed by atoms with Crippen LogP contribution < -0.4 is 10.1 Å². The fourth-order valence-corrected chi connectivity index (χ4v) is 2.68. The van der Waals surface area contributed by atoms with Gasteiger partial charge < -0.3 is 19.4 Å². The number of nitrogens with one attached hydrogen (secondary N) is 1. The van der Waals surface area contributed by atoms with E-state index in [1.165, 1.54) is 0 Å². The molecular formula is C17H23N5O3. The number of methoxy groups -OCH3 is 1. The molecule has 0 spiro atoms. The van der Waals surface area contributed by atoms with Crippen molar-refractivity contribution in [2.24, 2.45) is 0 Å². The summed E-state index contributed by atoms with van der Waals surface area (Å²) in [6.07, 6.45) is 1.58. The summed E-state index contributed by atoms with van der Waals surface area (Å²) in [6, 6.07) is 3.37. The van der Waals surface area contributed by atoms with Crippen molar-refractivity contribution in [2.75, 3.05) is 38.6 Å². The lowest BCUT2D eigenvalue weighted by molar-refractivity contribution is 0.135. The molecule has 8 heteroatoms. The number of carbonyl (C=O) groups excluding carboxylic acids is 1. The highest BCUT2D eigenvalue weighted by Crippen LogP contribution is 2.14. The van der Waals surface area contributed by atoms with E-state index < -0.39 is 0 Å². The number of pyridine rings is 1. The van der Waals surface area contributed by atoms with Crippen molar-refractivity contribution in [1.82, 2.24) is 19.8 Å². The van der Waals surface area contributed by atoms with Gasteiger partial charge in [-0.2, -0.15) is 0 Å². The zero-order valence-electron chi connectivity index (χ0n) is 14.8. The first-order chi connectivity index (χ1) is 12.0. The number of amides is 2. The number of urea groups is 1. The number of oxazole rings is 1. The fourth-order valence-electron chi connectivity index (χ4n) is 2.68. The second-order valence-electron chi connectivity index (χ2n) is 6.03. The predicted octanol–water partition coefficient (Wildman–Crippen LogP) is 2.04. The summed E-state index contributed by atoms with van der Waals surface area (Å²) in [7, 11) is 1.56. The van der Waals surface area contributed by atoms with Gasteiger partial charge in [0.2, 0.25) is 11.8 Å². The van der Waals surface area contributed by atoms with E-state index in [2.05, 4.69) is 20.2 Å². The number of aryl methyl sites for hydroxylation is 2. The molecule has 0 bridgehead atoms. The number of nitrogens with zero attached hydrogens (tertiary/aromatic N) is 4. The Balaban J connectivity index is 1.48. The molecule has 2 amide bonds. The average molecular weight is 345 g/mol. The highest BCUT2D eigenvalue weighted by molar-refractivity contribution is 5.89. The molecule has 25 heavy (non-hydrogen) atoms. The molecule has 0 aliphatic carbocycles. The third-order valence-electron chi connectivity index (χ3n) is 4.29. The Morgan fingerprint density at radius 2 is 2.04 bits per heavy atom. The third-order valence-corrected chi connectivity index (χ3v) is 4.29. The second kappa shape index (κ2) is 7.52. The first-order valence-electron chi connectivity index (χ1n) is 8.26. The maximum absolute atomic E-state index is 12.3. The van der Waals surface area contributed by atoms with Crippen LogP contribution in [-0.4, -0.2) is 59.1 Å². The van der Waals surface area contributed by atoms with Crippen LogP contribution in [0.25, 0.3) is 0 Å². The Kier molecular flexibility index (Phi) is 5.18. The maximum Gasteiger partial charge on any atom is 0.321 e. The number of carbonyl (C=O) groups is 1. The minimum Gasteiger partial charge on any atom is -0.481 e. The largest absolute Gasteiger partial charge is 0.481 e. The zero-order chi connectivity index (χ0) is 17.8. The van der Waals surface area contributed by atoms with E-state index >= 15 is 0 Å². The van der Waals surface area contributed by atoms with Crippen LogP contribution in [0.15, 0.2) is 22.7 Å². The first kappa shape index (κ1) is 17.2. The highest BCUT2D eigenvalue weighted by Gasteiger charge is 2.22. The molecule has 0 radical (unpaired) electrons.